The van der Waals surface area contributed by atoms with E-state index in [9.17, 15) is 4.79 Å². The van der Waals surface area contributed by atoms with Gasteiger partial charge in [-0.05, 0) is 38.0 Å². The summed E-state index contributed by atoms with van der Waals surface area (Å²) in [5.41, 5.74) is 5.47. The highest BCUT2D eigenvalue weighted by atomic mass is 32.2. The minimum Gasteiger partial charge on any atom is -0.353 e. The van der Waals surface area contributed by atoms with Crippen LogP contribution in [0, 0.1) is 5.92 Å². The summed E-state index contributed by atoms with van der Waals surface area (Å²) in [4.78, 5) is 11.6. The summed E-state index contributed by atoms with van der Waals surface area (Å²) in [6.45, 7) is 4.98. The molecule has 2 atom stereocenters. The molecule has 0 saturated carbocycles. The monoisotopic (exact) mass is 246 g/mol. The Labute approximate surface area is 104 Å². The maximum absolute atomic E-state index is 11.6. The first-order valence-corrected chi connectivity index (χ1v) is 7.51. The quantitative estimate of drug-likeness (QED) is 0.654. The first-order chi connectivity index (χ1) is 7.63. The predicted octanol–water partition coefficient (Wildman–Crippen LogP) is 2.01. The van der Waals surface area contributed by atoms with Gasteiger partial charge in [-0.25, -0.2) is 0 Å². The highest BCUT2D eigenvalue weighted by Gasteiger charge is 2.10. The van der Waals surface area contributed by atoms with Crippen LogP contribution in [0.25, 0.3) is 0 Å². The van der Waals surface area contributed by atoms with Crippen molar-refractivity contribution in [1.29, 1.82) is 0 Å². The average Bonchev–Trinajstić information content (AvgIpc) is 2.26. The molecule has 1 amide bonds. The topological polar surface area (TPSA) is 55.1 Å². The summed E-state index contributed by atoms with van der Waals surface area (Å²) < 4.78 is 0. The SMILES string of the molecule is CCC(CSC)NC(=O)CCC(C)CCN. The molecule has 0 radical (unpaired) electrons. The van der Waals surface area contributed by atoms with Gasteiger partial charge in [-0.1, -0.05) is 13.8 Å². The highest BCUT2D eigenvalue weighted by Crippen LogP contribution is 2.09. The van der Waals surface area contributed by atoms with Crippen LogP contribution in [0.2, 0.25) is 0 Å². The average molecular weight is 246 g/mol. The minimum atomic E-state index is 0.185. The number of rotatable bonds is 9. The first kappa shape index (κ1) is 15.8. The number of carbonyl (C=O) groups is 1. The Morgan fingerprint density at radius 1 is 1.44 bits per heavy atom. The zero-order valence-corrected chi connectivity index (χ0v) is 11.6. The third kappa shape index (κ3) is 7.99. The smallest absolute Gasteiger partial charge is 0.220 e. The zero-order valence-electron chi connectivity index (χ0n) is 10.8. The van der Waals surface area contributed by atoms with Crippen molar-refractivity contribution in [2.24, 2.45) is 11.7 Å². The second-order valence-electron chi connectivity index (χ2n) is 4.35. The summed E-state index contributed by atoms with van der Waals surface area (Å²) in [5.74, 6) is 1.74. The van der Waals surface area contributed by atoms with E-state index in [1.807, 2.05) is 0 Å². The van der Waals surface area contributed by atoms with E-state index in [0.717, 1.165) is 25.0 Å². The van der Waals surface area contributed by atoms with Crippen LogP contribution < -0.4 is 11.1 Å². The number of amides is 1. The van der Waals surface area contributed by atoms with Gasteiger partial charge in [0.25, 0.3) is 0 Å². The fraction of sp³-hybridized carbons (Fsp3) is 0.917. The summed E-state index contributed by atoms with van der Waals surface area (Å²) in [6, 6.07) is 0.326. The lowest BCUT2D eigenvalue weighted by Gasteiger charge is -2.16. The van der Waals surface area contributed by atoms with Crippen molar-refractivity contribution in [3.8, 4) is 0 Å². The van der Waals surface area contributed by atoms with Gasteiger partial charge in [0.2, 0.25) is 5.91 Å². The standard InChI is InChI=1S/C12H26N2OS/c1-4-11(9-16-3)14-12(15)6-5-10(2)7-8-13/h10-11H,4-9,13H2,1-3H3,(H,14,15). The molecule has 0 bridgehead atoms. The van der Waals surface area contributed by atoms with Crippen molar-refractivity contribution in [2.45, 2.75) is 45.6 Å². The van der Waals surface area contributed by atoms with E-state index in [1.54, 1.807) is 11.8 Å². The molecule has 0 aliphatic heterocycles. The van der Waals surface area contributed by atoms with Crippen molar-refractivity contribution < 1.29 is 4.79 Å². The molecular weight excluding hydrogens is 220 g/mol. The lowest BCUT2D eigenvalue weighted by atomic mass is 10.0. The maximum atomic E-state index is 11.6. The van der Waals surface area contributed by atoms with Crippen molar-refractivity contribution in [1.82, 2.24) is 5.32 Å². The van der Waals surface area contributed by atoms with E-state index >= 15 is 0 Å². The lowest BCUT2D eigenvalue weighted by molar-refractivity contribution is -0.121. The zero-order chi connectivity index (χ0) is 12.4. The first-order valence-electron chi connectivity index (χ1n) is 6.12. The van der Waals surface area contributed by atoms with Crippen LogP contribution in [0.3, 0.4) is 0 Å². The van der Waals surface area contributed by atoms with Crippen LogP contribution in [-0.4, -0.2) is 30.5 Å². The molecular formula is C12H26N2OS. The third-order valence-corrected chi connectivity index (χ3v) is 3.49. The number of nitrogens with two attached hydrogens (primary N) is 1. The number of hydrogen-bond acceptors (Lipinski definition) is 3. The lowest BCUT2D eigenvalue weighted by Crippen LogP contribution is -2.36. The Morgan fingerprint density at radius 2 is 2.12 bits per heavy atom. The van der Waals surface area contributed by atoms with Crippen LogP contribution in [0.4, 0.5) is 0 Å². The Kier molecular flexibility index (Phi) is 9.83. The predicted molar refractivity (Wildman–Crippen MR) is 72.7 cm³/mol. The summed E-state index contributed by atoms with van der Waals surface area (Å²) in [5, 5.41) is 3.07. The van der Waals surface area contributed by atoms with Crippen LogP contribution in [0.1, 0.15) is 39.5 Å². The fourth-order valence-corrected chi connectivity index (χ4v) is 2.29. The van der Waals surface area contributed by atoms with E-state index in [4.69, 9.17) is 5.73 Å². The Balaban J connectivity index is 3.71. The molecule has 0 spiro atoms. The van der Waals surface area contributed by atoms with E-state index in [2.05, 4.69) is 25.4 Å². The molecule has 0 aromatic rings. The van der Waals surface area contributed by atoms with E-state index in [0.29, 0.717) is 24.9 Å². The van der Waals surface area contributed by atoms with Gasteiger partial charge in [-0.15, -0.1) is 0 Å². The normalized spacial score (nSPS) is 14.5. The summed E-state index contributed by atoms with van der Waals surface area (Å²) >= 11 is 1.78. The van der Waals surface area contributed by atoms with Crippen LogP contribution in [0.5, 0.6) is 0 Å². The second-order valence-corrected chi connectivity index (χ2v) is 5.26. The maximum Gasteiger partial charge on any atom is 0.220 e. The number of carbonyl (C=O) groups excluding carboxylic acids is 1. The Morgan fingerprint density at radius 3 is 2.62 bits per heavy atom. The summed E-state index contributed by atoms with van der Waals surface area (Å²) in [7, 11) is 0. The van der Waals surface area contributed by atoms with Crippen LogP contribution >= 0.6 is 11.8 Å². The van der Waals surface area contributed by atoms with E-state index in [1.165, 1.54) is 0 Å². The van der Waals surface area contributed by atoms with Crippen LogP contribution in [-0.2, 0) is 4.79 Å². The molecule has 0 saturated heterocycles. The number of thioether (sulfide) groups is 1. The second kappa shape index (κ2) is 9.97. The van der Waals surface area contributed by atoms with Gasteiger partial charge in [0.05, 0.1) is 0 Å². The molecule has 0 rings (SSSR count). The van der Waals surface area contributed by atoms with Gasteiger partial charge in [0.1, 0.15) is 0 Å². The van der Waals surface area contributed by atoms with Gasteiger partial charge in [-0.2, -0.15) is 11.8 Å². The molecule has 3 nitrogen and oxygen atoms in total. The van der Waals surface area contributed by atoms with E-state index in [-0.39, 0.29) is 5.91 Å². The fourth-order valence-electron chi connectivity index (χ4n) is 1.57. The molecule has 0 aliphatic carbocycles. The molecule has 4 heteroatoms. The van der Waals surface area contributed by atoms with Crippen LogP contribution in [0.15, 0.2) is 0 Å². The molecule has 16 heavy (non-hydrogen) atoms. The molecule has 3 N–H and O–H groups in total. The summed E-state index contributed by atoms with van der Waals surface area (Å²) in [6.07, 6.45) is 5.66. The van der Waals surface area contributed by atoms with E-state index < -0.39 is 0 Å². The van der Waals surface area contributed by atoms with Gasteiger partial charge in [-0.3, -0.25) is 4.79 Å². The molecule has 96 valence electrons. The van der Waals surface area contributed by atoms with Crippen molar-refractivity contribution in [3.63, 3.8) is 0 Å². The highest BCUT2D eigenvalue weighted by molar-refractivity contribution is 7.98. The third-order valence-electron chi connectivity index (χ3n) is 2.75. The Hall–Kier alpha value is -0.220. The number of hydrogen-bond donors (Lipinski definition) is 2. The number of nitrogens with one attached hydrogen (secondary N) is 1. The van der Waals surface area contributed by atoms with Crippen molar-refractivity contribution in [2.75, 3.05) is 18.6 Å². The van der Waals surface area contributed by atoms with Crippen molar-refractivity contribution in [3.05, 3.63) is 0 Å². The van der Waals surface area contributed by atoms with Gasteiger partial charge in [0.15, 0.2) is 0 Å². The molecule has 0 aliphatic rings. The van der Waals surface area contributed by atoms with Gasteiger partial charge >= 0.3 is 0 Å². The minimum absolute atomic E-state index is 0.185. The van der Waals surface area contributed by atoms with Gasteiger partial charge < -0.3 is 11.1 Å². The molecule has 0 aromatic heterocycles. The largest absolute Gasteiger partial charge is 0.353 e. The molecule has 2 unspecified atom stereocenters. The molecule has 0 fully saturated rings. The molecule has 0 aromatic carbocycles. The molecule has 0 heterocycles. The Bertz CT molecular complexity index is 188. The van der Waals surface area contributed by atoms with Crippen molar-refractivity contribution >= 4 is 17.7 Å². The van der Waals surface area contributed by atoms with Gasteiger partial charge in [0, 0.05) is 18.2 Å².